The highest BCUT2D eigenvalue weighted by Gasteiger charge is 2.37. The van der Waals surface area contributed by atoms with Crippen molar-refractivity contribution >= 4 is 17.9 Å². The number of rotatable bonds is 5. The van der Waals surface area contributed by atoms with Gasteiger partial charge in [0, 0.05) is 12.0 Å². The van der Waals surface area contributed by atoms with Crippen molar-refractivity contribution in [2.24, 2.45) is 11.8 Å². The van der Waals surface area contributed by atoms with Gasteiger partial charge in [-0.2, -0.15) is 0 Å². The van der Waals surface area contributed by atoms with Gasteiger partial charge in [0.1, 0.15) is 0 Å². The Hall–Kier alpha value is -2.83. The van der Waals surface area contributed by atoms with Crippen LogP contribution in [0.25, 0.3) is 5.69 Å². The van der Waals surface area contributed by atoms with Crippen LogP contribution in [0.1, 0.15) is 58.3 Å². The first kappa shape index (κ1) is 20.4. The number of ether oxygens (including phenoxy) is 1. The fraction of sp³-hybridized carbons (Fsp3) is 0.522. The summed E-state index contributed by atoms with van der Waals surface area (Å²) in [6.45, 7) is 2.23. The number of amides is 1. The van der Waals surface area contributed by atoms with E-state index < -0.39 is 6.16 Å². The van der Waals surface area contributed by atoms with Gasteiger partial charge in [-0.3, -0.25) is 9.69 Å². The maximum absolute atomic E-state index is 13.6. The van der Waals surface area contributed by atoms with Gasteiger partial charge >= 0.3 is 6.16 Å². The molecular weight excluding hydrogens is 382 g/mol. The lowest BCUT2D eigenvalue weighted by atomic mass is 9.82. The third kappa shape index (κ3) is 4.35. The number of hydrogen-bond donors (Lipinski definition) is 1. The smallest absolute Gasteiger partial charge is 0.449 e. The van der Waals surface area contributed by atoms with Gasteiger partial charge in [-0.05, 0) is 56.6 Å². The quantitative estimate of drug-likeness (QED) is 0.698. The van der Waals surface area contributed by atoms with Crippen molar-refractivity contribution in [3.63, 3.8) is 0 Å². The molecule has 2 fully saturated rings. The molecular formula is C23H29N3O4. The highest BCUT2D eigenvalue weighted by molar-refractivity contribution is 5.96. The van der Waals surface area contributed by atoms with Crippen molar-refractivity contribution in [3.8, 4) is 11.4 Å². The molecule has 7 heteroatoms. The second-order valence-electron chi connectivity index (χ2n) is 8.57. The Balaban J connectivity index is 1.72. The van der Waals surface area contributed by atoms with E-state index in [1.165, 1.54) is 0 Å². The topological polar surface area (TPSA) is 84.7 Å². The SMILES string of the molecule is C[C@H]1CC[C@H](C(=O)N(c2nn(-c3ccccc3)cc2OC(=O)O)C2CCCC2)CC1. The van der Waals surface area contributed by atoms with E-state index in [0.717, 1.165) is 57.1 Å². The van der Waals surface area contributed by atoms with Crippen molar-refractivity contribution in [3.05, 3.63) is 36.5 Å². The molecule has 1 aromatic carbocycles. The molecule has 0 radical (unpaired) electrons. The summed E-state index contributed by atoms with van der Waals surface area (Å²) in [4.78, 5) is 26.8. The number of anilines is 1. The van der Waals surface area contributed by atoms with Gasteiger partial charge in [0.25, 0.3) is 0 Å². The molecule has 0 atom stereocenters. The van der Waals surface area contributed by atoms with Crippen LogP contribution >= 0.6 is 0 Å². The van der Waals surface area contributed by atoms with Crippen LogP contribution in [0.2, 0.25) is 0 Å². The molecule has 1 amide bonds. The second-order valence-corrected chi connectivity index (χ2v) is 8.57. The summed E-state index contributed by atoms with van der Waals surface area (Å²) in [7, 11) is 0. The van der Waals surface area contributed by atoms with Crippen molar-refractivity contribution in [1.82, 2.24) is 9.78 Å². The molecule has 0 unspecified atom stereocenters. The van der Waals surface area contributed by atoms with E-state index in [4.69, 9.17) is 4.74 Å². The van der Waals surface area contributed by atoms with Crippen LogP contribution in [0.3, 0.4) is 0 Å². The van der Waals surface area contributed by atoms with E-state index in [1.54, 1.807) is 15.8 Å². The van der Waals surface area contributed by atoms with Crippen molar-refractivity contribution in [1.29, 1.82) is 0 Å². The minimum Gasteiger partial charge on any atom is -0.449 e. The molecule has 7 nitrogen and oxygen atoms in total. The van der Waals surface area contributed by atoms with Crippen LogP contribution in [0, 0.1) is 11.8 Å². The second kappa shape index (κ2) is 8.90. The van der Waals surface area contributed by atoms with Crippen LogP contribution in [0.4, 0.5) is 10.6 Å². The van der Waals surface area contributed by atoms with Crippen molar-refractivity contribution in [2.45, 2.75) is 64.3 Å². The lowest BCUT2D eigenvalue weighted by Gasteiger charge is -2.33. The largest absolute Gasteiger partial charge is 0.511 e. The Labute approximate surface area is 176 Å². The minimum atomic E-state index is -1.41. The molecule has 0 saturated heterocycles. The lowest BCUT2D eigenvalue weighted by molar-refractivity contribution is -0.124. The van der Waals surface area contributed by atoms with Gasteiger partial charge in [-0.15, -0.1) is 5.10 Å². The van der Waals surface area contributed by atoms with Crippen molar-refractivity contribution < 1.29 is 19.4 Å². The predicted molar refractivity (Wildman–Crippen MR) is 113 cm³/mol. The van der Waals surface area contributed by atoms with Crippen LogP contribution in [-0.4, -0.2) is 33.0 Å². The number of carbonyl (C=O) groups excluding carboxylic acids is 1. The Morgan fingerprint density at radius 3 is 2.37 bits per heavy atom. The summed E-state index contributed by atoms with van der Waals surface area (Å²) in [5, 5.41) is 13.9. The molecule has 2 aromatic rings. The standard InChI is InChI=1S/C23H29N3O4/c1-16-11-13-17(14-12-16)22(27)26(19-9-5-6-10-19)21-20(30-23(28)29)15-25(24-21)18-7-3-2-4-8-18/h2-4,7-8,15-17,19H,5-6,9-14H2,1H3,(H,28,29)/t16-,17-. The van der Waals surface area contributed by atoms with Crippen LogP contribution in [0.15, 0.2) is 36.5 Å². The Kier molecular flexibility index (Phi) is 6.06. The fourth-order valence-electron chi connectivity index (χ4n) is 4.72. The van der Waals surface area contributed by atoms with Gasteiger partial charge in [0.15, 0.2) is 5.75 Å². The van der Waals surface area contributed by atoms with E-state index >= 15 is 0 Å². The average molecular weight is 412 g/mol. The molecule has 4 rings (SSSR count). The van der Waals surface area contributed by atoms with E-state index in [2.05, 4.69) is 12.0 Å². The lowest BCUT2D eigenvalue weighted by Crippen LogP contribution is -2.44. The number of carboxylic acid groups (broad SMARTS) is 1. The molecule has 0 spiro atoms. The highest BCUT2D eigenvalue weighted by Crippen LogP contribution is 2.38. The molecule has 2 aliphatic carbocycles. The van der Waals surface area contributed by atoms with Crippen LogP contribution in [0.5, 0.6) is 5.75 Å². The zero-order chi connectivity index (χ0) is 21.1. The van der Waals surface area contributed by atoms with Crippen LogP contribution in [-0.2, 0) is 4.79 Å². The average Bonchev–Trinajstić information content (AvgIpc) is 3.40. The maximum atomic E-state index is 13.6. The van der Waals surface area contributed by atoms with E-state index in [9.17, 15) is 14.7 Å². The summed E-state index contributed by atoms with van der Waals surface area (Å²) in [5.41, 5.74) is 0.782. The fourth-order valence-corrected chi connectivity index (χ4v) is 4.72. The molecule has 0 aliphatic heterocycles. The summed E-state index contributed by atoms with van der Waals surface area (Å²) in [6, 6.07) is 9.47. The van der Waals surface area contributed by atoms with Gasteiger partial charge in [0.2, 0.25) is 11.7 Å². The van der Waals surface area contributed by atoms with Gasteiger partial charge < -0.3 is 9.84 Å². The highest BCUT2D eigenvalue weighted by atomic mass is 16.7. The number of hydrogen-bond acceptors (Lipinski definition) is 4. The minimum absolute atomic E-state index is 0.0344. The summed E-state index contributed by atoms with van der Waals surface area (Å²) >= 11 is 0. The first-order valence-electron chi connectivity index (χ1n) is 10.9. The Bertz CT molecular complexity index is 881. The third-order valence-corrected chi connectivity index (χ3v) is 6.40. The number of aromatic nitrogens is 2. The third-order valence-electron chi connectivity index (χ3n) is 6.40. The Morgan fingerprint density at radius 1 is 1.07 bits per heavy atom. The van der Waals surface area contributed by atoms with Crippen molar-refractivity contribution in [2.75, 3.05) is 4.90 Å². The molecule has 2 aliphatic rings. The normalized spacial score (nSPS) is 22.0. The van der Waals surface area contributed by atoms with E-state index in [1.807, 2.05) is 30.3 Å². The maximum Gasteiger partial charge on any atom is 0.511 e. The van der Waals surface area contributed by atoms with Gasteiger partial charge in [-0.25, -0.2) is 9.48 Å². The van der Waals surface area contributed by atoms with Crippen LogP contribution < -0.4 is 9.64 Å². The summed E-state index contributed by atoms with van der Waals surface area (Å²) in [5.74, 6) is 1.09. The monoisotopic (exact) mass is 411 g/mol. The number of para-hydroxylation sites is 1. The molecule has 30 heavy (non-hydrogen) atoms. The molecule has 1 heterocycles. The number of carbonyl (C=O) groups is 2. The number of benzene rings is 1. The molecule has 160 valence electrons. The Morgan fingerprint density at radius 2 is 1.73 bits per heavy atom. The summed E-state index contributed by atoms with van der Waals surface area (Å²) in [6.07, 6.45) is 7.91. The molecule has 1 aromatic heterocycles. The van der Waals surface area contributed by atoms with E-state index in [-0.39, 0.29) is 23.6 Å². The van der Waals surface area contributed by atoms with Gasteiger partial charge in [0.05, 0.1) is 11.9 Å². The molecule has 0 bridgehead atoms. The zero-order valence-electron chi connectivity index (χ0n) is 17.4. The first-order valence-corrected chi connectivity index (χ1v) is 10.9. The molecule has 1 N–H and O–H groups in total. The first-order chi connectivity index (χ1) is 14.5. The zero-order valence-corrected chi connectivity index (χ0v) is 17.4. The predicted octanol–water partition coefficient (Wildman–Crippen LogP) is 5.03. The molecule has 2 saturated carbocycles. The van der Waals surface area contributed by atoms with E-state index in [0.29, 0.717) is 11.7 Å². The van der Waals surface area contributed by atoms with Gasteiger partial charge in [-0.1, -0.05) is 38.0 Å². The number of nitrogens with zero attached hydrogens (tertiary/aromatic N) is 3. The summed E-state index contributed by atoms with van der Waals surface area (Å²) < 4.78 is 6.67.